The van der Waals surface area contributed by atoms with Crippen molar-refractivity contribution >= 4 is 63.3 Å². The summed E-state index contributed by atoms with van der Waals surface area (Å²) in [6.07, 6.45) is 0. The van der Waals surface area contributed by atoms with Gasteiger partial charge in [-0.1, -0.05) is 29.3 Å². The molecule has 8 heteroatoms. The van der Waals surface area contributed by atoms with Crippen molar-refractivity contribution in [2.24, 2.45) is 0 Å². The number of ether oxygens (including phenoxy) is 1. The van der Waals surface area contributed by atoms with Crippen LogP contribution in [0.5, 0.6) is 5.75 Å². The summed E-state index contributed by atoms with van der Waals surface area (Å²) in [6.45, 7) is 2.46. The smallest absolute Gasteiger partial charge is 0.282 e. The van der Waals surface area contributed by atoms with Crippen LogP contribution >= 0.6 is 34.5 Å². The van der Waals surface area contributed by atoms with Gasteiger partial charge < -0.3 is 10.1 Å². The molecule has 2 aromatic carbocycles. The summed E-state index contributed by atoms with van der Waals surface area (Å²) >= 11 is 13.7. The van der Waals surface area contributed by atoms with Crippen LogP contribution in [-0.4, -0.2) is 18.4 Å². The summed E-state index contributed by atoms with van der Waals surface area (Å²) in [5, 5.41) is 5.59. The van der Waals surface area contributed by atoms with Crippen molar-refractivity contribution < 1.29 is 14.3 Å². The third-order valence-electron chi connectivity index (χ3n) is 4.44. The molecule has 2 amide bonds. The van der Waals surface area contributed by atoms with E-state index in [1.54, 1.807) is 42.5 Å². The molecule has 1 N–H and O–H groups in total. The van der Waals surface area contributed by atoms with E-state index in [1.165, 1.54) is 17.4 Å². The fraction of sp³-hybridized carbons (Fsp3) is 0.0909. The summed E-state index contributed by atoms with van der Waals surface area (Å²) in [4.78, 5) is 28.4. The number of carbonyl (C=O) groups excluding carboxylic acids is 2. The maximum absolute atomic E-state index is 13.3. The monoisotopic (exact) mass is 458 g/mol. The fourth-order valence-corrected chi connectivity index (χ4v) is 4.25. The van der Waals surface area contributed by atoms with E-state index in [0.29, 0.717) is 27.8 Å². The van der Waals surface area contributed by atoms with Crippen LogP contribution in [0.15, 0.2) is 65.7 Å². The zero-order valence-corrected chi connectivity index (χ0v) is 18.1. The Bertz CT molecular complexity index is 1140. The molecule has 0 radical (unpaired) electrons. The van der Waals surface area contributed by atoms with Gasteiger partial charge in [0.1, 0.15) is 11.4 Å². The maximum Gasteiger partial charge on any atom is 0.282 e. The molecule has 0 unspecified atom stereocenters. The Morgan fingerprint density at radius 1 is 1.03 bits per heavy atom. The topological polar surface area (TPSA) is 58.6 Å². The summed E-state index contributed by atoms with van der Waals surface area (Å²) in [5.41, 5.74) is 1.38. The molecule has 0 bridgehead atoms. The molecule has 0 aliphatic carbocycles. The Kier molecular flexibility index (Phi) is 5.81. The van der Waals surface area contributed by atoms with Crippen molar-refractivity contribution in [3.05, 3.63) is 80.6 Å². The minimum Gasteiger partial charge on any atom is -0.494 e. The minimum absolute atomic E-state index is 0.183. The molecule has 0 spiro atoms. The predicted molar refractivity (Wildman–Crippen MR) is 121 cm³/mol. The van der Waals surface area contributed by atoms with Gasteiger partial charge in [-0.3, -0.25) is 9.59 Å². The summed E-state index contributed by atoms with van der Waals surface area (Å²) in [5.74, 6) is -0.238. The molecule has 1 aliphatic rings. The number of carbonyl (C=O) groups is 2. The molecule has 30 heavy (non-hydrogen) atoms. The first kappa shape index (κ1) is 20.5. The van der Waals surface area contributed by atoms with Gasteiger partial charge in [-0.05, 0) is 60.8 Å². The molecule has 0 atom stereocenters. The number of anilines is 2. The molecule has 5 nitrogen and oxygen atoms in total. The molecule has 152 valence electrons. The second kappa shape index (κ2) is 8.52. The van der Waals surface area contributed by atoms with Gasteiger partial charge in [0.25, 0.3) is 11.8 Å². The van der Waals surface area contributed by atoms with Crippen LogP contribution in [0, 0.1) is 0 Å². The first-order valence-electron chi connectivity index (χ1n) is 9.11. The normalized spacial score (nSPS) is 13.9. The van der Waals surface area contributed by atoms with Gasteiger partial charge in [0, 0.05) is 15.6 Å². The molecule has 0 saturated carbocycles. The van der Waals surface area contributed by atoms with Gasteiger partial charge in [-0.2, -0.15) is 0 Å². The molecule has 1 aliphatic heterocycles. The molecule has 2 heterocycles. The van der Waals surface area contributed by atoms with Crippen LogP contribution in [0.2, 0.25) is 10.0 Å². The van der Waals surface area contributed by atoms with E-state index in [0.717, 1.165) is 10.6 Å². The highest BCUT2D eigenvalue weighted by atomic mass is 35.5. The van der Waals surface area contributed by atoms with E-state index >= 15 is 0 Å². The van der Waals surface area contributed by atoms with E-state index in [2.05, 4.69) is 5.32 Å². The van der Waals surface area contributed by atoms with Gasteiger partial charge in [0.2, 0.25) is 0 Å². The quantitative estimate of drug-likeness (QED) is 0.470. The summed E-state index contributed by atoms with van der Waals surface area (Å²) < 4.78 is 5.45. The summed E-state index contributed by atoms with van der Waals surface area (Å²) in [7, 11) is 0. The van der Waals surface area contributed by atoms with Gasteiger partial charge in [-0.25, -0.2) is 4.90 Å². The SMILES string of the molecule is CCOc1ccc(NC2=C(c3cccs3)C(=O)N(c3cc(Cl)ccc3Cl)C2=O)cc1. The van der Waals surface area contributed by atoms with Gasteiger partial charge in [0.05, 0.1) is 22.9 Å². The lowest BCUT2D eigenvalue weighted by Crippen LogP contribution is -2.32. The highest BCUT2D eigenvalue weighted by molar-refractivity contribution is 7.11. The maximum atomic E-state index is 13.3. The van der Waals surface area contributed by atoms with Gasteiger partial charge in [-0.15, -0.1) is 11.3 Å². The number of hydrogen-bond acceptors (Lipinski definition) is 5. The standard InChI is InChI=1S/C22H16Cl2N2O3S/c1-2-29-15-8-6-14(7-9-15)25-20-19(18-4-3-11-30-18)21(27)26(22(20)28)17-12-13(23)5-10-16(17)24/h3-12,25H,2H2,1H3. The van der Waals surface area contributed by atoms with E-state index in [-0.39, 0.29) is 16.4 Å². The van der Waals surface area contributed by atoms with Crippen molar-refractivity contribution in [2.75, 3.05) is 16.8 Å². The van der Waals surface area contributed by atoms with Crippen LogP contribution in [0.4, 0.5) is 11.4 Å². The highest BCUT2D eigenvalue weighted by Crippen LogP contribution is 2.39. The zero-order chi connectivity index (χ0) is 21.3. The Balaban J connectivity index is 1.75. The lowest BCUT2D eigenvalue weighted by molar-refractivity contribution is -0.120. The van der Waals surface area contributed by atoms with E-state index in [4.69, 9.17) is 27.9 Å². The molecular weight excluding hydrogens is 443 g/mol. The number of rotatable bonds is 6. The Morgan fingerprint density at radius 2 is 1.80 bits per heavy atom. The third kappa shape index (κ3) is 3.81. The van der Waals surface area contributed by atoms with E-state index in [9.17, 15) is 9.59 Å². The van der Waals surface area contributed by atoms with Crippen LogP contribution in [0.1, 0.15) is 11.8 Å². The second-order valence-corrected chi connectivity index (χ2v) is 8.14. The molecule has 3 aromatic rings. The Labute approximate surface area is 187 Å². The lowest BCUT2D eigenvalue weighted by atomic mass is 10.2. The fourth-order valence-electron chi connectivity index (χ4n) is 3.12. The van der Waals surface area contributed by atoms with Crippen molar-refractivity contribution in [1.82, 2.24) is 0 Å². The number of nitrogens with zero attached hydrogens (tertiary/aromatic N) is 1. The highest BCUT2D eigenvalue weighted by Gasteiger charge is 2.41. The first-order valence-corrected chi connectivity index (χ1v) is 10.7. The predicted octanol–water partition coefficient (Wildman–Crippen LogP) is 5.85. The second-order valence-electron chi connectivity index (χ2n) is 6.35. The van der Waals surface area contributed by atoms with Crippen molar-refractivity contribution in [2.45, 2.75) is 6.92 Å². The minimum atomic E-state index is -0.499. The largest absolute Gasteiger partial charge is 0.494 e. The van der Waals surface area contributed by atoms with E-state index < -0.39 is 11.8 Å². The Hall–Kier alpha value is -2.80. The van der Waals surface area contributed by atoms with Crippen LogP contribution in [-0.2, 0) is 9.59 Å². The number of halogens is 2. The van der Waals surface area contributed by atoms with Crippen LogP contribution in [0.25, 0.3) is 5.57 Å². The van der Waals surface area contributed by atoms with Gasteiger partial charge >= 0.3 is 0 Å². The van der Waals surface area contributed by atoms with Gasteiger partial charge in [0.15, 0.2) is 0 Å². The lowest BCUT2D eigenvalue weighted by Gasteiger charge is -2.17. The molecular formula is C22H16Cl2N2O3S. The molecule has 0 saturated heterocycles. The van der Waals surface area contributed by atoms with Crippen molar-refractivity contribution in [3.63, 3.8) is 0 Å². The summed E-state index contributed by atoms with van der Waals surface area (Å²) in [6, 6.07) is 15.5. The average Bonchev–Trinajstić information content (AvgIpc) is 3.33. The number of amides is 2. The number of nitrogens with one attached hydrogen (secondary N) is 1. The zero-order valence-electron chi connectivity index (χ0n) is 15.8. The third-order valence-corrected chi connectivity index (χ3v) is 5.88. The number of hydrogen-bond donors (Lipinski definition) is 1. The van der Waals surface area contributed by atoms with Crippen LogP contribution < -0.4 is 15.0 Å². The molecule has 1 aromatic heterocycles. The Morgan fingerprint density at radius 3 is 2.47 bits per heavy atom. The average molecular weight is 459 g/mol. The molecule has 0 fully saturated rings. The van der Waals surface area contributed by atoms with Crippen molar-refractivity contribution in [3.8, 4) is 5.75 Å². The molecule has 4 rings (SSSR count). The van der Waals surface area contributed by atoms with E-state index in [1.807, 2.05) is 18.4 Å². The number of thiophene rings is 1. The number of imide groups is 1. The first-order chi connectivity index (χ1) is 14.5. The van der Waals surface area contributed by atoms with Crippen LogP contribution in [0.3, 0.4) is 0 Å². The van der Waals surface area contributed by atoms with Crippen molar-refractivity contribution in [1.29, 1.82) is 0 Å². The number of benzene rings is 2.